The highest BCUT2D eigenvalue weighted by atomic mass is 79.9. The van der Waals surface area contributed by atoms with Crippen LogP contribution in [0.3, 0.4) is 0 Å². The van der Waals surface area contributed by atoms with Crippen molar-refractivity contribution in [2.24, 2.45) is 5.10 Å². The van der Waals surface area contributed by atoms with Gasteiger partial charge in [-0.05, 0) is 30.7 Å². The normalized spacial score (nSPS) is 10.6. The second kappa shape index (κ2) is 8.34. The summed E-state index contributed by atoms with van der Waals surface area (Å²) in [4.78, 5) is 11.8. The molecule has 0 aliphatic rings. The van der Waals surface area contributed by atoms with Gasteiger partial charge >= 0.3 is 0 Å². The zero-order valence-electron chi connectivity index (χ0n) is 12.3. The quantitative estimate of drug-likeness (QED) is 0.632. The Hall–Kier alpha value is -2.14. The minimum Gasteiger partial charge on any atom is -0.493 e. The van der Waals surface area contributed by atoms with Gasteiger partial charge in [-0.1, -0.05) is 46.3 Å². The summed E-state index contributed by atoms with van der Waals surface area (Å²) < 4.78 is 6.44. The molecule has 2 aromatic rings. The minimum absolute atomic E-state index is 0.157. The monoisotopic (exact) mass is 360 g/mol. The number of benzene rings is 2. The third-order valence-corrected chi connectivity index (χ3v) is 3.37. The summed E-state index contributed by atoms with van der Waals surface area (Å²) in [5.41, 5.74) is 4.28. The topological polar surface area (TPSA) is 50.7 Å². The molecule has 0 atom stereocenters. The number of nitrogens with zero attached hydrogens (tertiary/aromatic N) is 1. The molecule has 0 heterocycles. The lowest BCUT2D eigenvalue weighted by molar-refractivity contribution is -0.120. The van der Waals surface area contributed by atoms with Gasteiger partial charge < -0.3 is 4.74 Å². The van der Waals surface area contributed by atoms with Crippen molar-refractivity contribution < 1.29 is 9.53 Å². The maximum Gasteiger partial charge on any atom is 0.244 e. The maximum atomic E-state index is 11.8. The van der Waals surface area contributed by atoms with Gasteiger partial charge in [0, 0.05) is 10.0 Å². The molecule has 0 spiro atoms. The molecule has 114 valence electrons. The van der Waals surface area contributed by atoms with Crippen molar-refractivity contribution in [2.45, 2.75) is 13.3 Å². The summed E-state index contributed by atoms with van der Waals surface area (Å²) in [6.45, 7) is 2.49. The fraction of sp³-hybridized carbons (Fsp3) is 0.176. The van der Waals surface area contributed by atoms with Gasteiger partial charge in [-0.2, -0.15) is 5.10 Å². The molecule has 0 radical (unpaired) electrons. The molecule has 0 saturated heterocycles. The molecule has 0 aromatic heterocycles. The second-order valence-electron chi connectivity index (χ2n) is 4.57. The molecule has 5 heteroatoms. The largest absolute Gasteiger partial charge is 0.493 e. The van der Waals surface area contributed by atoms with Crippen LogP contribution in [-0.2, 0) is 11.2 Å². The van der Waals surface area contributed by atoms with E-state index in [2.05, 4.69) is 26.5 Å². The fourth-order valence-electron chi connectivity index (χ4n) is 1.90. The van der Waals surface area contributed by atoms with Gasteiger partial charge in [0.15, 0.2) is 0 Å². The highest BCUT2D eigenvalue weighted by Crippen LogP contribution is 2.21. The van der Waals surface area contributed by atoms with E-state index >= 15 is 0 Å². The first-order valence-electron chi connectivity index (χ1n) is 6.97. The molecule has 0 aliphatic carbocycles. The molecule has 1 amide bonds. The SMILES string of the molecule is CCOc1ccc(Br)cc1C=NNC(=O)Cc1ccccc1. The first-order valence-corrected chi connectivity index (χ1v) is 7.76. The average Bonchev–Trinajstić information content (AvgIpc) is 2.51. The highest BCUT2D eigenvalue weighted by molar-refractivity contribution is 9.10. The number of carbonyl (C=O) groups is 1. The number of hydrogen-bond donors (Lipinski definition) is 1. The lowest BCUT2D eigenvalue weighted by Gasteiger charge is -2.07. The van der Waals surface area contributed by atoms with E-state index in [0.717, 1.165) is 21.3 Å². The van der Waals surface area contributed by atoms with Crippen molar-refractivity contribution in [1.29, 1.82) is 0 Å². The van der Waals surface area contributed by atoms with Crippen LogP contribution in [0.5, 0.6) is 5.75 Å². The molecule has 1 N–H and O–H groups in total. The summed E-state index contributed by atoms with van der Waals surface area (Å²) in [6.07, 6.45) is 1.88. The molecule has 0 aliphatic heterocycles. The van der Waals surface area contributed by atoms with Crippen LogP contribution in [0, 0.1) is 0 Å². The Kier molecular flexibility index (Phi) is 6.15. The predicted molar refractivity (Wildman–Crippen MR) is 91.2 cm³/mol. The van der Waals surface area contributed by atoms with Crippen LogP contribution in [0.1, 0.15) is 18.1 Å². The Balaban J connectivity index is 1.97. The van der Waals surface area contributed by atoms with Crippen molar-refractivity contribution in [1.82, 2.24) is 5.43 Å². The molecular formula is C17H17BrN2O2. The maximum absolute atomic E-state index is 11.8. The van der Waals surface area contributed by atoms with Crippen LogP contribution in [0.15, 0.2) is 58.1 Å². The van der Waals surface area contributed by atoms with Crippen LogP contribution < -0.4 is 10.2 Å². The van der Waals surface area contributed by atoms with E-state index < -0.39 is 0 Å². The van der Waals surface area contributed by atoms with E-state index in [1.54, 1.807) is 6.21 Å². The number of hydrazone groups is 1. The number of carbonyl (C=O) groups excluding carboxylic acids is 1. The fourth-order valence-corrected chi connectivity index (χ4v) is 2.28. The summed E-state index contributed by atoms with van der Waals surface area (Å²) in [5.74, 6) is 0.571. The van der Waals surface area contributed by atoms with Crippen LogP contribution in [0.4, 0.5) is 0 Å². The van der Waals surface area contributed by atoms with E-state index in [4.69, 9.17) is 4.74 Å². The molecule has 4 nitrogen and oxygen atoms in total. The molecule has 22 heavy (non-hydrogen) atoms. The van der Waals surface area contributed by atoms with Gasteiger partial charge in [0.05, 0.1) is 19.2 Å². The third-order valence-electron chi connectivity index (χ3n) is 2.87. The molecular weight excluding hydrogens is 344 g/mol. The van der Waals surface area contributed by atoms with Gasteiger partial charge in [-0.25, -0.2) is 5.43 Å². The number of hydrogen-bond acceptors (Lipinski definition) is 3. The molecule has 0 unspecified atom stereocenters. The van der Waals surface area contributed by atoms with Gasteiger partial charge in [0.25, 0.3) is 0 Å². The van der Waals surface area contributed by atoms with E-state index in [9.17, 15) is 4.79 Å². The Labute approximate surface area is 138 Å². The standard InChI is InChI=1S/C17H17BrN2O2/c1-2-22-16-9-8-15(18)11-14(16)12-19-20-17(21)10-13-6-4-3-5-7-13/h3-9,11-12H,2,10H2,1H3,(H,20,21). The lowest BCUT2D eigenvalue weighted by Crippen LogP contribution is -2.19. The molecule has 0 saturated carbocycles. The van der Waals surface area contributed by atoms with E-state index in [1.165, 1.54) is 0 Å². The zero-order chi connectivity index (χ0) is 15.8. The molecule has 0 fully saturated rings. The number of nitrogens with one attached hydrogen (secondary N) is 1. The van der Waals surface area contributed by atoms with E-state index in [0.29, 0.717) is 13.0 Å². The Morgan fingerprint density at radius 2 is 2.05 bits per heavy atom. The van der Waals surface area contributed by atoms with Crippen molar-refractivity contribution in [3.8, 4) is 5.75 Å². The summed E-state index contributed by atoms with van der Waals surface area (Å²) in [7, 11) is 0. The average molecular weight is 361 g/mol. The van der Waals surface area contributed by atoms with Gasteiger partial charge in [0.1, 0.15) is 5.75 Å². The zero-order valence-corrected chi connectivity index (χ0v) is 13.8. The number of ether oxygens (including phenoxy) is 1. The van der Waals surface area contributed by atoms with Gasteiger partial charge in [0.2, 0.25) is 5.91 Å². The number of halogens is 1. The molecule has 2 rings (SSSR count). The van der Waals surface area contributed by atoms with Crippen LogP contribution >= 0.6 is 15.9 Å². The molecule has 0 bridgehead atoms. The van der Waals surface area contributed by atoms with Gasteiger partial charge in [-0.3, -0.25) is 4.79 Å². The summed E-state index contributed by atoms with van der Waals surface area (Å²) in [5, 5.41) is 4.00. The third kappa shape index (κ3) is 5.00. The second-order valence-corrected chi connectivity index (χ2v) is 5.49. The van der Waals surface area contributed by atoms with Crippen LogP contribution in [0.2, 0.25) is 0 Å². The molecule has 2 aromatic carbocycles. The minimum atomic E-state index is -0.157. The lowest BCUT2D eigenvalue weighted by atomic mass is 10.1. The van der Waals surface area contributed by atoms with Crippen LogP contribution in [0.25, 0.3) is 0 Å². The van der Waals surface area contributed by atoms with Crippen molar-refractivity contribution in [3.63, 3.8) is 0 Å². The van der Waals surface area contributed by atoms with Crippen molar-refractivity contribution in [3.05, 3.63) is 64.1 Å². The van der Waals surface area contributed by atoms with E-state index in [1.807, 2.05) is 55.5 Å². The van der Waals surface area contributed by atoms with Gasteiger partial charge in [-0.15, -0.1) is 0 Å². The Bertz CT molecular complexity index is 657. The highest BCUT2D eigenvalue weighted by Gasteiger charge is 2.03. The van der Waals surface area contributed by atoms with Crippen molar-refractivity contribution in [2.75, 3.05) is 6.61 Å². The number of rotatable bonds is 6. The summed E-state index contributed by atoms with van der Waals surface area (Å²) >= 11 is 3.41. The van der Waals surface area contributed by atoms with Crippen LogP contribution in [-0.4, -0.2) is 18.7 Å². The van der Waals surface area contributed by atoms with E-state index in [-0.39, 0.29) is 5.91 Å². The summed E-state index contributed by atoms with van der Waals surface area (Å²) in [6, 6.07) is 15.2. The first kappa shape index (κ1) is 16.2. The smallest absolute Gasteiger partial charge is 0.244 e. The first-order chi connectivity index (χ1) is 10.7. The predicted octanol–water partition coefficient (Wildman–Crippen LogP) is 3.54. The Morgan fingerprint density at radius 3 is 2.77 bits per heavy atom. The van der Waals surface area contributed by atoms with Crippen molar-refractivity contribution >= 4 is 28.1 Å². The number of amides is 1. The Morgan fingerprint density at radius 1 is 1.27 bits per heavy atom.